The zero-order chi connectivity index (χ0) is 26.5. The molecule has 0 radical (unpaired) electrons. The van der Waals surface area contributed by atoms with Gasteiger partial charge >= 0.3 is 0 Å². The first-order chi connectivity index (χ1) is 18.6. The maximum atomic E-state index is 13.7. The number of amides is 1. The third kappa shape index (κ3) is 5.04. The Hall–Kier alpha value is -4.79. The second kappa shape index (κ2) is 11.1. The minimum absolute atomic E-state index is 0.284. The molecular weight excluding hydrogens is 482 g/mol. The number of fused-ring (bicyclic) bond motifs is 1. The van der Waals surface area contributed by atoms with E-state index in [1.807, 2.05) is 74.5 Å². The van der Waals surface area contributed by atoms with E-state index in [9.17, 15) is 4.79 Å². The highest BCUT2D eigenvalue weighted by Crippen LogP contribution is 2.39. The van der Waals surface area contributed by atoms with Crippen LogP contribution in [0.1, 0.15) is 31.0 Å². The fourth-order valence-electron chi connectivity index (χ4n) is 4.45. The summed E-state index contributed by atoms with van der Waals surface area (Å²) >= 11 is 0. The van der Waals surface area contributed by atoms with Crippen molar-refractivity contribution in [3.05, 3.63) is 102 Å². The molecule has 38 heavy (non-hydrogen) atoms. The number of benzene rings is 3. The first-order valence-corrected chi connectivity index (χ1v) is 12.3. The Balaban J connectivity index is 1.50. The molecule has 1 aliphatic heterocycles. The highest BCUT2D eigenvalue weighted by atomic mass is 16.5. The van der Waals surface area contributed by atoms with Gasteiger partial charge in [0.1, 0.15) is 24.7 Å². The lowest BCUT2D eigenvalue weighted by atomic mass is 9.94. The number of ether oxygens (including phenoxy) is 3. The van der Waals surface area contributed by atoms with E-state index in [-0.39, 0.29) is 5.91 Å². The number of allylic oxidation sites excluding steroid dienone is 1. The molecule has 5 rings (SSSR count). The second-order valence-corrected chi connectivity index (χ2v) is 8.66. The number of carbonyl (C=O) groups is 1. The van der Waals surface area contributed by atoms with Gasteiger partial charge in [-0.2, -0.15) is 10.1 Å². The Labute approximate surface area is 221 Å². The van der Waals surface area contributed by atoms with Crippen LogP contribution in [0.15, 0.2) is 90.4 Å². The van der Waals surface area contributed by atoms with Gasteiger partial charge in [0.25, 0.3) is 5.91 Å². The van der Waals surface area contributed by atoms with Crippen LogP contribution in [-0.4, -0.2) is 34.4 Å². The molecule has 3 aromatic carbocycles. The number of hydrogen-bond donors (Lipinski definition) is 2. The Kier molecular flexibility index (Phi) is 7.26. The molecule has 0 saturated carbocycles. The molecule has 1 aliphatic rings. The van der Waals surface area contributed by atoms with Gasteiger partial charge in [-0.3, -0.25) is 4.79 Å². The summed E-state index contributed by atoms with van der Waals surface area (Å²) in [7, 11) is 1.57. The summed E-state index contributed by atoms with van der Waals surface area (Å²) < 4.78 is 19.2. The summed E-state index contributed by atoms with van der Waals surface area (Å²) in [5.41, 5.74) is 3.60. The summed E-state index contributed by atoms with van der Waals surface area (Å²) in [5, 5.41) is 10.6. The molecule has 1 atom stereocenters. The van der Waals surface area contributed by atoms with E-state index in [4.69, 9.17) is 14.2 Å². The summed E-state index contributed by atoms with van der Waals surface area (Å²) in [6.07, 6.45) is 1.46. The maximum absolute atomic E-state index is 13.7. The van der Waals surface area contributed by atoms with Gasteiger partial charge in [0.05, 0.1) is 25.0 Å². The number of hydrogen-bond acceptors (Lipinski definition) is 7. The topological polar surface area (TPSA) is 99.5 Å². The summed E-state index contributed by atoms with van der Waals surface area (Å²) in [6.45, 7) is 4.64. The summed E-state index contributed by atoms with van der Waals surface area (Å²) in [4.78, 5) is 18.0. The Morgan fingerprint density at radius 1 is 1.00 bits per heavy atom. The van der Waals surface area contributed by atoms with Crippen LogP contribution in [0, 0.1) is 0 Å². The zero-order valence-electron chi connectivity index (χ0n) is 21.5. The SMILES string of the molecule is CCOc1cc([C@H]2C(C(=O)Nc3ccccc3OC)=C(C)Nc3ncnn32)ccc1OCc1ccccc1. The molecule has 0 spiro atoms. The molecule has 1 aromatic heterocycles. The number of methoxy groups -OCH3 is 1. The highest BCUT2D eigenvalue weighted by Gasteiger charge is 2.34. The molecule has 9 heteroatoms. The van der Waals surface area contributed by atoms with Crippen molar-refractivity contribution in [2.24, 2.45) is 0 Å². The van der Waals surface area contributed by atoms with E-state index in [1.54, 1.807) is 23.9 Å². The van der Waals surface area contributed by atoms with E-state index in [2.05, 4.69) is 20.7 Å². The Morgan fingerprint density at radius 3 is 2.58 bits per heavy atom. The van der Waals surface area contributed by atoms with Crippen LogP contribution < -0.4 is 24.8 Å². The van der Waals surface area contributed by atoms with E-state index in [0.717, 1.165) is 11.1 Å². The predicted molar refractivity (Wildman–Crippen MR) is 144 cm³/mol. The standard InChI is InChI=1S/C29H29N5O4/c1-4-37-25-16-21(14-15-24(25)38-17-20-10-6-5-7-11-20)27-26(19(2)32-29-30-18-31-34(27)29)28(35)33-22-12-8-9-13-23(22)36-3/h5-16,18,27H,4,17H2,1-3H3,(H,33,35)(H,30,31,32)/t27-/m0/s1. The third-order valence-electron chi connectivity index (χ3n) is 6.21. The minimum Gasteiger partial charge on any atom is -0.495 e. The molecule has 0 bridgehead atoms. The maximum Gasteiger partial charge on any atom is 0.255 e. The molecule has 0 aliphatic carbocycles. The smallest absolute Gasteiger partial charge is 0.255 e. The molecule has 194 valence electrons. The largest absolute Gasteiger partial charge is 0.495 e. The van der Waals surface area contributed by atoms with Gasteiger partial charge in [-0.1, -0.05) is 48.5 Å². The van der Waals surface area contributed by atoms with Gasteiger partial charge in [0.2, 0.25) is 5.95 Å². The number of anilines is 2. The van der Waals surface area contributed by atoms with Crippen LogP contribution in [0.25, 0.3) is 0 Å². The van der Waals surface area contributed by atoms with Crippen molar-refractivity contribution in [2.75, 3.05) is 24.4 Å². The van der Waals surface area contributed by atoms with E-state index < -0.39 is 6.04 Å². The number of nitrogens with one attached hydrogen (secondary N) is 2. The molecule has 2 N–H and O–H groups in total. The van der Waals surface area contributed by atoms with Crippen LogP contribution in [0.5, 0.6) is 17.2 Å². The van der Waals surface area contributed by atoms with Crippen molar-refractivity contribution in [1.82, 2.24) is 14.8 Å². The third-order valence-corrected chi connectivity index (χ3v) is 6.21. The average molecular weight is 512 g/mol. The van der Waals surface area contributed by atoms with Crippen LogP contribution in [0.3, 0.4) is 0 Å². The molecule has 0 saturated heterocycles. The number of aromatic nitrogens is 3. The Bertz CT molecular complexity index is 1460. The molecule has 9 nitrogen and oxygen atoms in total. The number of para-hydroxylation sites is 2. The van der Waals surface area contributed by atoms with Gasteiger partial charge in [-0.15, -0.1) is 0 Å². The fourth-order valence-corrected chi connectivity index (χ4v) is 4.45. The van der Waals surface area contributed by atoms with Crippen molar-refractivity contribution in [1.29, 1.82) is 0 Å². The van der Waals surface area contributed by atoms with E-state index in [1.165, 1.54) is 6.33 Å². The molecule has 1 amide bonds. The highest BCUT2D eigenvalue weighted by molar-refractivity contribution is 6.06. The van der Waals surface area contributed by atoms with Crippen molar-refractivity contribution < 1.29 is 19.0 Å². The second-order valence-electron chi connectivity index (χ2n) is 8.66. The number of nitrogens with zero attached hydrogens (tertiary/aromatic N) is 3. The molecular formula is C29H29N5O4. The van der Waals surface area contributed by atoms with Gasteiger partial charge in [0, 0.05) is 5.70 Å². The predicted octanol–water partition coefficient (Wildman–Crippen LogP) is 5.19. The lowest BCUT2D eigenvalue weighted by Gasteiger charge is -2.29. The first-order valence-electron chi connectivity index (χ1n) is 12.3. The normalized spacial score (nSPS) is 14.3. The van der Waals surface area contributed by atoms with E-state index >= 15 is 0 Å². The Morgan fingerprint density at radius 2 is 1.79 bits per heavy atom. The summed E-state index contributed by atoms with van der Waals surface area (Å²) in [5.74, 6) is 2.03. The average Bonchev–Trinajstić information content (AvgIpc) is 3.40. The molecule has 0 fully saturated rings. The lowest BCUT2D eigenvalue weighted by Crippen LogP contribution is -2.31. The van der Waals surface area contributed by atoms with Crippen molar-refractivity contribution in [2.45, 2.75) is 26.5 Å². The number of carbonyl (C=O) groups excluding carboxylic acids is 1. The van der Waals surface area contributed by atoms with Crippen molar-refractivity contribution >= 4 is 17.5 Å². The van der Waals surface area contributed by atoms with Gasteiger partial charge in [0.15, 0.2) is 11.5 Å². The van der Waals surface area contributed by atoms with Crippen molar-refractivity contribution in [3.8, 4) is 17.2 Å². The van der Waals surface area contributed by atoms with Gasteiger partial charge in [-0.25, -0.2) is 4.68 Å². The van der Waals surface area contributed by atoms with Gasteiger partial charge < -0.3 is 24.8 Å². The lowest BCUT2D eigenvalue weighted by molar-refractivity contribution is -0.113. The van der Waals surface area contributed by atoms with Crippen LogP contribution in [-0.2, 0) is 11.4 Å². The number of rotatable bonds is 9. The monoisotopic (exact) mass is 511 g/mol. The molecule has 0 unspecified atom stereocenters. The van der Waals surface area contributed by atoms with Crippen LogP contribution in [0.2, 0.25) is 0 Å². The quantitative estimate of drug-likeness (QED) is 0.319. The summed E-state index contributed by atoms with van der Waals surface area (Å²) in [6, 6.07) is 22.4. The zero-order valence-corrected chi connectivity index (χ0v) is 21.5. The minimum atomic E-state index is -0.550. The molecule has 2 heterocycles. The van der Waals surface area contributed by atoms with Crippen molar-refractivity contribution in [3.63, 3.8) is 0 Å². The molecule has 4 aromatic rings. The van der Waals surface area contributed by atoms with Gasteiger partial charge in [-0.05, 0) is 49.2 Å². The van der Waals surface area contributed by atoms with Crippen LogP contribution >= 0.6 is 0 Å². The first kappa shape index (κ1) is 24.9. The van der Waals surface area contributed by atoms with Crippen LogP contribution in [0.4, 0.5) is 11.6 Å². The fraction of sp³-hybridized carbons (Fsp3) is 0.207. The van der Waals surface area contributed by atoms with E-state index in [0.29, 0.717) is 53.4 Å².